The van der Waals surface area contributed by atoms with Gasteiger partial charge in [-0.25, -0.2) is 0 Å². The Morgan fingerprint density at radius 3 is 3.08 bits per heavy atom. The van der Waals surface area contributed by atoms with Crippen LogP contribution < -0.4 is 10.6 Å². The number of anilines is 1. The van der Waals surface area contributed by atoms with Crippen LogP contribution in [0.4, 0.5) is 5.69 Å². The summed E-state index contributed by atoms with van der Waals surface area (Å²) >= 11 is 0. The Labute approximate surface area is 78.6 Å². The molecule has 3 nitrogen and oxygen atoms in total. The minimum absolute atomic E-state index is 0.762. The second kappa shape index (κ2) is 3.75. The van der Waals surface area contributed by atoms with E-state index in [1.807, 2.05) is 19.4 Å². The number of pyridine rings is 1. The third-order valence-electron chi connectivity index (χ3n) is 2.34. The molecule has 1 heterocycles. The van der Waals surface area contributed by atoms with Crippen LogP contribution in [0.1, 0.15) is 18.4 Å². The topological polar surface area (TPSA) is 37.0 Å². The van der Waals surface area contributed by atoms with Crippen molar-refractivity contribution in [3.8, 4) is 0 Å². The molecular weight excluding hydrogens is 162 g/mol. The lowest BCUT2D eigenvalue weighted by atomic mass is 10.2. The van der Waals surface area contributed by atoms with Gasteiger partial charge in [0.25, 0.3) is 0 Å². The SMILES string of the molecule is CNc1cnccc1CNC1CC1. The van der Waals surface area contributed by atoms with E-state index in [9.17, 15) is 0 Å². The summed E-state index contributed by atoms with van der Waals surface area (Å²) in [6.45, 7) is 0.948. The second-order valence-corrected chi connectivity index (χ2v) is 3.44. The quantitative estimate of drug-likeness (QED) is 0.729. The van der Waals surface area contributed by atoms with Gasteiger partial charge < -0.3 is 10.6 Å². The fourth-order valence-electron chi connectivity index (χ4n) is 1.34. The van der Waals surface area contributed by atoms with Crippen LogP contribution >= 0.6 is 0 Å². The van der Waals surface area contributed by atoms with Crippen LogP contribution in [0.25, 0.3) is 0 Å². The summed E-state index contributed by atoms with van der Waals surface area (Å²) in [4.78, 5) is 4.07. The van der Waals surface area contributed by atoms with Gasteiger partial charge in [0, 0.05) is 25.8 Å². The Hall–Kier alpha value is -1.09. The van der Waals surface area contributed by atoms with Gasteiger partial charge in [0.1, 0.15) is 0 Å². The lowest BCUT2D eigenvalue weighted by Crippen LogP contribution is -2.16. The maximum absolute atomic E-state index is 4.07. The van der Waals surface area contributed by atoms with Gasteiger partial charge in [-0.1, -0.05) is 0 Å². The Morgan fingerprint density at radius 2 is 2.38 bits per heavy atom. The van der Waals surface area contributed by atoms with Gasteiger partial charge in [0.2, 0.25) is 0 Å². The lowest BCUT2D eigenvalue weighted by molar-refractivity contribution is 0.688. The van der Waals surface area contributed by atoms with Crippen LogP contribution in [0.2, 0.25) is 0 Å². The standard InChI is InChI=1S/C10H15N3/c1-11-10-7-12-5-4-8(10)6-13-9-2-3-9/h4-5,7,9,11,13H,2-3,6H2,1H3. The van der Waals surface area contributed by atoms with Crippen LogP contribution in [-0.4, -0.2) is 18.1 Å². The molecule has 0 radical (unpaired) electrons. The molecule has 2 N–H and O–H groups in total. The number of hydrogen-bond acceptors (Lipinski definition) is 3. The maximum atomic E-state index is 4.07. The van der Waals surface area contributed by atoms with E-state index >= 15 is 0 Å². The molecule has 2 rings (SSSR count). The molecular formula is C10H15N3. The highest BCUT2D eigenvalue weighted by Gasteiger charge is 2.20. The molecule has 1 fully saturated rings. The third-order valence-corrected chi connectivity index (χ3v) is 2.34. The summed E-state index contributed by atoms with van der Waals surface area (Å²) in [7, 11) is 1.93. The van der Waals surface area contributed by atoms with Crippen molar-refractivity contribution in [2.45, 2.75) is 25.4 Å². The summed E-state index contributed by atoms with van der Waals surface area (Å²) in [6, 6.07) is 2.82. The van der Waals surface area contributed by atoms with E-state index in [0.717, 1.165) is 18.3 Å². The molecule has 0 bridgehead atoms. The molecule has 3 heteroatoms. The van der Waals surface area contributed by atoms with E-state index < -0.39 is 0 Å². The minimum atomic E-state index is 0.762. The van der Waals surface area contributed by atoms with Crippen LogP contribution in [-0.2, 0) is 6.54 Å². The van der Waals surface area contributed by atoms with Gasteiger partial charge in [-0.05, 0) is 24.5 Å². The van der Waals surface area contributed by atoms with Crippen LogP contribution in [0.5, 0.6) is 0 Å². The zero-order valence-electron chi connectivity index (χ0n) is 7.88. The maximum Gasteiger partial charge on any atom is 0.0569 e. The minimum Gasteiger partial charge on any atom is -0.387 e. The predicted octanol–water partition coefficient (Wildman–Crippen LogP) is 1.38. The van der Waals surface area contributed by atoms with Crippen molar-refractivity contribution in [1.29, 1.82) is 0 Å². The van der Waals surface area contributed by atoms with Crippen molar-refractivity contribution < 1.29 is 0 Å². The Morgan fingerprint density at radius 1 is 1.54 bits per heavy atom. The second-order valence-electron chi connectivity index (χ2n) is 3.44. The van der Waals surface area contributed by atoms with Gasteiger partial charge in [0.15, 0.2) is 0 Å². The smallest absolute Gasteiger partial charge is 0.0569 e. The number of nitrogens with one attached hydrogen (secondary N) is 2. The fraction of sp³-hybridized carbons (Fsp3) is 0.500. The molecule has 0 atom stereocenters. The summed E-state index contributed by atoms with van der Waals surface area (Å²) in [5.74, 6) is 0. The Balaban J connectivity index is 1.99. The Bertz CT molecular complexity index is 281. The van der Waals surface area contributed by atoms with Crippen molar-refractivity contribution in [1.82, 2.24) is 10.3 Å². The van der Waals surface area contributed by atoms with Crippen molar-refractivity contribution >= 4 is 5.69 Å². The average molecular weight is 177 g/mol. The molecule has 0 spiro atoms. The average Bonchev–Trinajstić information content (AvgIpc) is 2.99. The first-order chi connectivity index (χ1) is 6.40. The number of hydrogen-bond donors (Lipinski definition) is 2. The van der Waals surface area contributed by atoms with Gasteiger partial charge >= 0.3 is 0 Å². The van der Waals surface area contributed by atoms with E-state index in [1.54, 1.807) is 0 Å². The zero-order chi connectivity index (χ0) is 9.10. The third kappa shape index (κ3) is 2.18. The number of rotatable bonds is 4. The van der Waals surface area contributed by atoms with Gasteiger partial charge in [0.05, 0.1) is 11.9 Å². The molecule has 0 aromatic carbocycles. The van der Waals surface area contributed by atoms with E-state index in [2.05, 4.69) is 21.7 Å². The number of nitrogens with zero attached hydrogens (tertiary/aromatic N) is 1. The molecule has 0 saturated heterocycles. The highest BCUT2D eigenvalue weighted by atomic mass is 15.0. The molecule has 0 aliphatic heterocycles. The monoisotopic (exact) mass is 177 g/mol. The molecule has 70 valence electrons. The number of aromatic nitrogens is 1. The van der Waals surface area contributed by atoms with Crippen LogP contribution in [0, 0.1) is 0 Å². The van der Waals surface area contributed by atoms with Crippen molar-refractivity contribution in [3.63, 3.8) is 0 Å². The summed E-state index contributed by atoms with van der Waals surface area (Å²) in [5, 5.41) is 6.62. The molecule has 0 unspecified atom stereocenters. The molecule has 1 aliphatic carbocycles. The molecule has 1 aromatic rings. The van der Waals surface area contributed by atoms with Gasteiger partial charge in [-0.3, -0.25) is 4.98 Å². The fourth-order valence-corrected chi connectivity index (χ4v) is 1.34. The normalized spacial score (nSPS) is 15.8. The largest absolute Gasteiger partial charge is 0.387 e. The van der Waals surface area contributed by atoms with E-state index in [1.165, 1.54) is 18.4 Å². The first-order valence-corrected chi connectivity index (χ1v) is 4.74. The molecule has 1 aromatic heterocycles. The lowest BCUT2D eigenvalue weighted by Gasteiger charge is -2.08. The highest BCUT2D eigenvalue weighted by molar-refractivity contribution is 5.48. The zero-order valence-corrected chi connectivity index (χ0v) is 7.88. The van der Waals surface area contributed by atoms with Gasteiger partial charge in [-0.15, -0.1) is 0 Å². The molecule has 0 amide bonds. The first kappa shape index (κ1) is 8.51. The van der Waals surface area contributed by atoms with Crippen molar-refractivity contribution in [3.05, 3.63) is 24.0 Å². The highest BCUT2D eigenvalue weighted by Crippen LogP contribution is 2.20. The first-order valence-electron chi connectivity index (χ1n) is 4.74. The molecule has 1 saturated carbocycles. The van der Waals surface area contributed by atoms with E-state index in [0.29, 0.717) is 0 Å². The summed E-state index contributed by atoms with van der Waals surface area (Å²) < 4.78 is 0. The van der Waals surface area contributed by atoms with Crippen LogP contribution in [0.15, 0.2) is 18.5 Å². The Kier molecular flexibility index (Phi) is 2.45. The molecule has 1 aliphatic rings. The molecule has 13 heavy (non-hydrogen) atoms. The van der Waals surface area contributed by atoms with Crippen LogP contribution in [0.3, 0.4) is 0 Å². The van der Waals surface area contributed by atoms with Crippen molar-refractivity contribution in [2.24, 2.45) is 0 Å². The predicted molar refractivity (Wildman–Crippen MR) is 53.6 cm³/mol. The van der Waals surface area contributed by atoms with E-state index in [4.69, 9.17) is 0 Å². The summed E-state index contributed by atoms with van der Waals surface area (Å²) in [6.07, 6.45) is 6.37. The van der Waals surface area contributed by atoms with Crippen molar-refractivity contribution in [2.75, 3.05) is 12.4 Å². The summed E-state index contributed by atoms with van der Waals surface area (Å²) in [5.41, 5.74) is 2.42. The van der Waals surface area contributed by atoms with E-state index in [-0.39, 0.29) is 0 Å². The van der Waals surface area contributed by atoms with Gasteiger partial charge in [-0.2, -0.15) is 0 Å².